The summed E-state index contributed by atoms with van der Waals surface area (Å²) in [5.74, 6) is 0.760. The molecule has 0 saturated heterocycles. The number of pyridine rings is 1. The highest BCUT2D eigenvalue weighted by Gasteiger charge is 2.06. The zero-order valence-electron chi connectivity index (χ0n) is 10.4. The lowest BCUT2D eigenvalue weighted by Gasteiger charge is -2.08. The summed E-state index contributed by atoms with van der Waals surface area (Å²) in [4.78, 5) is 4.31. The Balaban J connectivity index is 2.13. The van der Waals surface area contributed by atoms with Crippen molar-refractivity contribution in [2.75, 3.05) is 7.11 Å². The van der Waals surface area contributed by atoms with Crippen molar-refractivity contribution in [1.82, 2.24) is 4.98 Å². The topological polar surface area (TPSA) is 22.1 Å². The van der Waals surface area contributed by atoms with Crippen LogP contribution in [0.2, 0.25) is 5.02 Å². The average molecular weight is 270 g/mol. The zero-order valence-corrected chi connectivity index (χ0v) is 11.2. The summed E-state index contributed by atoms with van der Waals surface area (Å²) < 4.78 is 5.16. The van der Waals surface area contributed by atoms with Crippen LogP contribution in [0.15, 0.2) is 54.7 Å². The molecule has 0 aliphatic rings. The summed E-state index contributed by atoms with van der Waals surface area (Å²) in [6, 6.07) is 15.8. The molecule has 1 aromatic heterocycles. The molecule has 0 spiro atoms. The lowest BCUT2D eigenvalue weighted by Crippen LogP contribution is -1.85. The number of nitrogens with zero attached hydrogens (tertiary/aromatic N) is 1. The molecule has 19 heavy (non-hydrogen) atoms. The minimum atomic E-state index is 0.683. The Kier molecular flexibility index (Phi) is 3.10. The lowest BCUT2D eigenvalue weighted by atomic mass is 10.0. The van der Waals surface area contributed by atoms with Gasteiger partial charge in [0, 0.05) is 17.1 Å². The van der Waals surface area contributed by atoms with Gasteiger partial charge >= 0.3 is 0 Å². The summed E-state index contributed by atoms with van der Waals surface area (Å²) >= 11 is 6.30. The van der Waals surface area contributed by atoms with Crippen molar-refractivity contribution < 1.29 is 4.74 Å². The van der Waals surface area contributed by atoms with Gasteiger partial charge in [0.25, 0.3) is 0 Å². The van der Waals surface area contributed by atoms with Crippen LogP contribution in [-0.4, -0.2) is 12.1 Å². The third kappa shape index (κ3) is 2.27. The molecule has 0 fully saturated rings. The van der Waals surface area contributed by atoms with Crippen LogP contribution in [0, 0.1) is 0 Å². The van der Waals surface area contributed by atoms with Gasteiger partial charge in [0.1, 0.15) is 5.75 Å². The van der Waals surface area contributed by atoms with E-state index in [0.717, 1.165) is 27.8 Å². The van der Waals surface area contributed by atoms with Crippen molar-refractivity contribution in [3.63, 3.8) is 0 Å². The molecule has 2 aromatic carbocycles. The van der Waals surface area contributed by atoms with Gasteiger partial charge in [0.05, 0.1) is 17.6 Å². The van der Waals surface area contributed by atoms with E-state index in [-0.39, 0.29) is 0 Å². The predicted octanol–water partition coefficient (Wildman–Crippen LogP) is 4.56. The molecule has 2 nitrogen and oxygen atoms in total. The molecule has 0 aliphatic heterocycles. The Morgan fingerprint density at radius 2 is 1.95 bits per heavy atom. The first-order chi connectivity index (χ1) is 9.28. The van der Waals surface area contributed by atoms with Gasteiger partial charge in [-0.05, 0) is 42.0 Å². The molecule has 3 heteroatoms. The van der Waals surface area contributed by atoms with Gasteiger partial charge < -0.3 is 4.74 Å². The van der Waals surface area contributed by atoms with Crippen molar-refractivity contribution in [3.8, 4) is 16.9 Å². The van der Waals surface area contributed by atoms with E-state index in [9.17, 15) is 0 Å². The molecule has 1 heterocycles. The Morgan fingerprint density at radius 3 is 2.74 bits per heavy atom. The van der Waals surface area contributed by atoms with Crippen molar-refractivity contribution in [2.24, 2.45) is 0 Å². The van der Waals surface area contributed by atoms with Gasteiger partial charge in [-0.25, -0.2) is 0 Å². The van der Waals surface area contributed by atoms with Crippen molar-refractivity contribution in [3.05, 3.63) is 59.8 Å². The van der Waals surface area contributed by atoms with E-state index in [1.807, 2.05) is 42.5 Å². The SMILES string of the molecule is COc1ccc(-c2ccc3ncccc3c2)c(Cl)c1. The molecule has 0 bridgehead atoms. The largest absolute Gasteiger partial charge is 0.497 e. The number of halogens is 1. The van der Waals surface area contributed by atoms with Crippen LogP contribution >= 0.6 is 11.6 Å². The molecule has 3 aromatic rings. The fourth-order valence-electron chi connectivity index (χ4n) is 2.10. The Labute approximate surface area is 116 Å². The summed E-state index contributed by atoms with van der Waals surface area (Å²) in [5, 5.41) is 1.79. The van der Waals surface area contributed by atoms with Crippen LogP contribution < -0.4 is 4.74 Å². The number of fused-ring (bicyclic) bond motifs is 1. The molecule has 0 radical (unpaired) electrons. The van der Waals surface area contributed by atoms with E-state index in [0.29, 0.717) is 5.02 Å². The first kappa shape index (κ1) is 12.0. The first-order valence-corrected chi connectivity index (χ1v) is 6.34. The minimum Gasteiger partial charge on any atom is -0.497 e. The fraction of sp³-hybridized carbons (Fsp3) is 0.0625. The van der Waals surface area contributed by atoms with E-state index < -0.39 is 0 Å². The van der Waals surface area contributed by atoms with Crippen molar-refractivity contribution >= 4 is 22.5 Å². The minimum absolute atomic E-state index is 0.683. The monoisotopic (exact) mass is 269 g/mol. The number of hydrogen-bond acceptors (Lipinski definition) is 2. The maximum atomic E-state index is 6.30. The van der Waals surface area contributed by atoms with Crippen LogP contribution in [0.1, 0.15) is 0 Å². The van der Waals surface area contributed by atoms with E-state index in [1.165, 1.54) is 0 Å². The molecule has 0 unspecified atom stereocenters. The standard InChI is InChI=1S/C16H12ClNO/c1-19-13-5-6-14(15(17)10-13)11-4-7-16-12(9-11)3-2-8-18-16/h2-10H,1H3. The van der Waals surface area contributed by atoms with Crippen LogP contribution in [0.4, 0.5) is 0 Å². The second-order valence-electron chi connectivity index (χ2n) is 4.26. The first-order valence-electron chi connectivity index (χ1n) is 5.96. The highest BCUT2D eigenvalue weighted by molar-refractivity contribution is 6.33. The normalized spacial score (nSPS) is 10.6. The van der Waals surface area contributed by atoms with E-state index in [4.69, 9.17) is 16.3 Å². The smallest absolute Gasteiger partial charge is 0.120 e. The average Bonchev–Trinajstić information content (AvgIpc) is 2.46. The molecule has 0 saturated carbocycles. The van der Waals surface area contributed by atoms with E-state index >= 15 is 0 Å². The molecule has 3 rings (SSSR count). The van der Waals surface area contributed by atoms with Gasteiger partial charge in [0.15, 0.2) is 0 Å². The highest BCUT2D eigenvalue weighted by Crippen LogP contribution is 2.32. The van der Waals surface area contributed by atoms with Crippen LogP contribution in [0.3, 0.4) is 0 Å². The zero-order chi connectivity index (χ0) is 13.2. The summed E-state index contributed by atoms with van der Waals surface area (Å²) in [6.07, 6.45) is 1.79. The predicted molar refractivity (Wildman–Crippen MR) is 78.7 cm³/mol. The van der Waals surface area contributed by atoms with Gasteiger partial charge in [-0.15, -0.1) is 0 Å². The number of ether oxygens (including phenoxy) is 1. The molecular weight excluding hydrogens is 258 g/mol. The molecule has 94 valence electrons. The van der Waals surface area contributed by atoms with Crippen molar-refractivity contribution in [1.29, 1.82) is 0 Å². The van der Waals surface area contributed by atoms with E-state index in [1.54, 1.807) is 13.3 Å². The molecule has 0 aliphatic carbocycles. The second-order valence-corrected chi connectivity index (χ2v) is 4.66. The fourth-order valence-corrected chi connectivity index (χ4v) is 2.38. The summed E-state index contributed by atoms with van der Waals surface area (Å²) in [6.45, 7) is 0. The Morgan fingerprint density at radius 1 is 1.05 bits per heavy atom. The molecule has 0 atom stereocenters. The Bertz CT molecular complexity index is 740. The summed E-state index contributed by atoms with van der Waals surface area (Å²) in [5.41, 5.74) is 3.05. The highest BCUT2D eigenvalue weighted by atomic mass is 35.5. The second kappa shape index (κ2) is 4.90. The van der Waals surface area contributed by atoms with Crippen molar-refractivity contribution in [2.45, 2.75) is 0 Å². The number of benzene rings is 2. The van der Waals surface area contributed by atoms with Gasteiger partial charge in [-0.3, -0.25) is 4.98 Å². The maximum absolute atomic E-state index is 6.30. The van der Waals surface area contributed by atoms with Gasteiger partial charge in [-0.1, -0.05) is 23.7 Å². The molecule has 0 N–H and O–H groups in total. The van der Waals surface area contributed by atoms with E-state index in [2.05, 4.69) is 11.1 Å². The summed E-state index contributed by atoms with van der Waals surface area (Å²) in [7, 11) is 1.63. The third-order valence-electron chi connectivity index (χ3n) is 3.09. The van der Waals surface area contributed by atoms with Gasteiger partial charge in [-0.2, -0.15) is 0 Å². The van der Waals surface area contributed by atoms with Crippen LogP contribution in [0.5, 0.6) is 5.75 Å². The molecular formula is C16H12ClNO. The number of rotatable bonds is 2. The Hall–Kier alpha value is -2.06. The number of aromatic nitrogens is 1. The number of hydrogen-bond donors (Lipinski definition) is 0. The quantitative estimate of drug-likeness (QED) is 0.680. The van der Waals surface area contributed by atoms with Crippen LogP contribution in [0.25, 0.3) is 22.0 Å². The number of methoxy groups -OCH3 is 1. The third-order valence-corrected chi connectivity index (χ3v) is 3.40. The maximum Gasteiger partial charge on any atom is 0.120 e. The molecule has 0 amide bonds. The van der Waals surface area contributed by atoms with Crippen LogP contribution in [-0.2, 0) is 0 Å². The van der Waals surface area contributed by atoms with Gasteiger partial charge in [0.2, 0.25) is 0 Å². The lowest BCUT2D eigenvalue weighted by molar-refractivity contribution is 0.415.